The summed E-state index contributed by atoms with van der Waals surface area (Å²) in [5, 5.41) is 2.99. The van der Waals surface area contributed by atoms with Crippen LogP contribution in [0.1, 0.15) is 44.0 Å². The van der Waals surface area contributed by atoms with Crippen LogP contribution in [0.5, 0.6) is 0 Å². The number of aromatic nitrogens is 1. The van der Waals surface area contributed by atoms with Gasteiger partial charge in [0.25, 0.3) is 0 Å². The van der Waals surface area contributed by atoms with Gasteiger partial charge in [0.2, 0.25) is 0 Å². The molecule has 0 spiro atoms. The molecule has 0 radical (unpaired) electrons. The molecular formula is C16H19NOS. The molecule has 100 valence electrons. The van der Waals surface area contributed by atoms with E-state index in [0.717, 1.165) is 28.1 Å². The molecular weight excluding hydrogens is 254 g/mol. The quantitative estimate of drug-likeness (QED) is 0.782. The fourth-order valence-electron chi connectivity index (χ4n) is 2.36. The monoisotopic (exact) mass is 273 g/mol. The van der Waals surface area contributed by atoms with Crippen LogP contribution < -0.4 is 0 Å². The highest BCUT2D eigenvalue weighted by Crippen LogP contribution is 2.23. The van der Waals surface area contributed by atoms with Gasteiger partial charge in [-0.05, 0) is 49.9 Å². The third-order valence-corrected chi connectivity index (χ3v) is 4.53. The summed E-state index contributed by atoms with van der Waals surface area (Å²) in [6.07, 6.45) is 3.07. The van der Waals surface area contributed by atoms with E-state index in [2.05, 4.69) is 24.9 Å². The fraction of sp³-hybridized carbons (Fsp3) is 0.375. The van der Waals surface area contributed by atoms with E-state index in [4.69, 9.17) is 0 Å². The Labute approximate surface area is 118 Å². The maximum atomic E-state index is 12.5. The van der Waals surface area contributed by atoms with Gasteiger partial charge in [-0.2, -0.15) is 0 Å². The predicted octanol–water partition coefficient (Wildman–Crippen LogP) is 4.19. The molecule has 1 aromatic carbocycles. The molecule has 2 nitrogen and oxygen atoms in total. The Morgan fingerprint density at radius 3 is 2.32 bits per heavy atom. The minimum Gasteiger partial charge on any atom is -0.294 e. The van der Waals surface area contributed by atoms with Crippen molar-refractivity contribution in [3.8, 4) is 0 Å². The molecule has 0 saturated carbocycles. The summed E-state index contributed by atoms with van der Waals surface area (Å²) in [5.74, 6) is 0.233. The van der Waals surface area contributed by atoms with Crippen LogP contribution in [0.15, 0.2) is 17.6 Å². The second-order valence-corrected chi connectivity index (χ2v) is 5.96. The topological polar surface area (TPSA) is 30.0 Å². The summed E-state index contributed by atoms with van der Waals surface area (Å²) >= 11 is 1.61. The Hall–Kier alpha value is -1.48. The molecule has 0 aliphatic heterocycles. The summed E-state index contributed by atoms with van der Waals surface area (Å²) in [7, 11) is 0. The smallest absolute Gasteiger partial charge is 0.163 e. The second kappa shape index (κ2) is 5.66. The first-order chi connectivity index (χ1) is 9.00. The summed E-state index contributed by atoms with van der Waals surface area (Å²) in [4.78, 5) is 16.7. The highest BCUT2D eigenvalue weighted by Gasteiger charge is 2.15. The van der Waals surface area contributed by atoms with Crippen molar-refractivity contribution in [1.82, 2.24) is 4.98 Å². The van der Waals surface area contributed by atoms with Gasteiger partial charge in [-0.3, -0.25) is 4.79 Å². The number of thiazole rings is 1. The van der Waals surface area contributed by atoms with Crippen LogP contribution in [-0.2, 0) is 6.42 Å². The lowest BCUT2D eigenvalue weighted by Crippen LogP contribution is -2.08. The molecule has 0 N–H and O–H groups in total. The van der Waals surface area contributed by atoms with Crippen LogP contribution >= 0.6 is 11.3 Å². The van der Waals surface area contributed by atoms with Gasteiger partial charge in [0.05, 0.1) is 5.01 Å². The highest BCUT2D eigenvalue weighted by atomic mass is 32.1. The largest absolute Gasteiger partial charge is 0.294 e. The van der Waals surface area contributed by atoms with E-state index in [-0.39, 0.29) is 5.78 Å². The van der Waals surface area contributed by atoms with E-state index in [1.54, 1.807) is 17.5 Å². The van der Waals surface area contributed by atoms with Gasteiger partial charge in [0.1, 0.15) is 0 Å². The van der Waals surface area contributed by atoms with Crippen LogP contribution in [0, 0.1) is 27.7 Å². The van der Waals surface area contributed by atoms with Crippen molar-refractivity contribution in [3.05, 3.63) is 50.5 Å². The fourth-order valence-corrected chi connectivity index (χ4v) is 2.98. The molecule has 0 aliphatic carbocycles. The van der Waals surface area contributed by atoms with Crippen LogP contribution in [-0.4, -0.2) is 10.8 Å². The Bertz CT molecular complexity index is 573. The van der Waals surface area contributed by atoms with E-state index in [9.17, 15) is 4.79 Å². The number of rotatable bonds is 4. The van der Waals surface area contributed by atoms with Gasteiger partial charge >= 0.3 is 0 Å². The van der Waals surface area contributed by atoms with Crippen LogP contribution in [0.2, 0.25) is 0 Å². The number of hydrogen-bond donors (Lipinski definition) is 0. The summed E-state index contributed by atoms with van der Waals surface area (Å²) in [6.45, 7) is 8.22. The first kappa shape index (κ1) is 13.9. The minimum atomic E-state index is 0.233. The number of carbonyl (C=O) groups is 1. The zero-order valence-electron chi connectivity index (χ0n) is 11.9. The minimum absolute atomic E-state index is 0.233. The molecule has 0 atom stereocenters. The molecule has 0 fully saturated rings. The Kier molecular flexibility index (Phi) is 4.15. The predicted molar refractivity (Wildman–Crippen MR) is 80.2 cm³/mol. The molecule has 0 bridgehead atoms. The molecule has 1 heterocycles. The van der Waals surface area contributed by atoms with Crippen LogP contribution in [0.4, 0.5) is 0 Å². The van der Waals surface area contributed by atoms with E-state index in [1.807, 2.05) is 19.2 Å². The van der Waals surface area contributed by atoms with Gasteiger partial charge < -0.3 is 0 Å². The van der Waals surface area contributed by atoms with Gasteiger partial charge in [-0.15, -0.1) is 11.3 Å². The lowest BCUT2D eigenvalue weighted by atomic mass is 9.90. The van der Waals surface area contributed by atoms with Crippen molar-refractivity contribution in [2.45, 2.75) is 40.5 Å². The van der Waals surface area contributed by atoms with E-state index < -0.39 is 0 Å². The summed E-state index contributed by atoms with van der Waals surface area (Å²) < 4.78 is 0. The summed E-state index contributed by atoms with van der Waals surface area (Å²) in [6, 6.07) is 2.16. The standard InChI is InChI=1S/C16H19NOS/c1-10-9-11(2)13(4)16(12(10)3)14(18)5-6-15-17-7-8-19-15/h7-9H,5-6H2,1-4H3. The molecule has 2 rings (SSSR count). The van der Waals surface area contributed by atoms with Crippen molar-refractivity contribution < 1.29 is 4.79 Å². The number of nitrogens with zero attached hydrogens (tertiary/aromatic N) is 1. The molecule has 1 aromatic heterocycles. The van der Waals surface area contributed by atoms with Gasteiger partial charge in [0, 0.05) is 30.0 Å². The Morgan fingerprint density at radius 1 is 1.16 bits per heavy atom. The van der Waals surface area contributed by atoms with E-state index in [1.165, 1.54) is 11.1 Å². The van der Waals surface area contributed by atoms with E-state index >= 15 is 0 Å². The highest BCUT2D eigenvalue weighted by molar-refractivity contribution is 7.09. The number of hydrogen-bond acceptors (Lipinski definition) is 3. The number of ketones is 1. The van der Waals surface area contributed by atoms with Gasteiger partial charge in [-0.1, -0.05) is 6.07 Å². The van der Waals surface area contributed by atoms with Crippen molar-refractivity contribution in [2.24, 2.45) is 0 Å². The number of aryl methyl sites for hydroxylation is 3. The third kappa shape index (κ3) is 2.92. The van der Waals surface area contributed by atoms with Crippen molar-refractivity contribution >= 4 is 17.1 Å². The van der Waals surface area contributed by atoms with Gasteiger partial charge in [0.15, 0.2) is 5.78 Å². The molecule has 0 saturated heterocycles. The molecule has 3 heteroatoms. The lowest BCUT2D eigenvalue weighted by molar-refractivity contribution is 0.0981. The number of Topliss-reactive ketones (excluding diaryl/α,β-unsaturated/α-hetero) is 1. The van der Waals surface area contributed by atoms with Crippen molar-refractivity contribution in [1.29, 1.82) is 0 Å². The molecule has 0 amide bonds. The van der Waals surface area contributed by atoms with Gasteiger partial charge in [-0.25, -0.2) is 4.98 Å². The number of benzene rings is 1. The summed E-state index contributed by atoms with van der Waals surface area (Å²) in [5.41, 5.74) is 5.54. The molecule has 19 heavy (non-hydrogen) atoms. The van der Waals surface area contributed by atoms with Crippen molar-refractivity contribution in [2.75, 3.05) is 0 Å². The molecule has 0 unspecified atom stereocenters. The van der Waals surface area contributed by atoms with Crippen LogP contribution in [0.3, 0.4) is 0 Å². The zero-order chi connectivity index (χ0) is 14.0. The molecule has 0 aliphatic rings. The lowest BCUT2D eigenvalue weighted by Gasteiger charge is -2.14. The average molecular weight is 273 g/mol. The van der Waals surface area contributed by atoms with Crippen molar-refractivity contribution in [3.63, 3.8) is 0 Å². The first-order valence-corrected chi connectivity index (χ1v) is 7.37. The Morgan fingerprint density at radius 2 is 1.79 bits per heavy atom. The second-order valence-electron chi connectivity index (χ2n) is 4.98. The molecule has 2 aromatic rings. The SMILES string of the molecule is Cc1cc(C)c(C)c(C(=O)CCc2nccs2)c1C. The maximum absolute atomic E-state index is 12.5. The first-order valence-electron chi connectivity index (χ1n) is 6.49. The normalized spacial score (nSPS) is 10.7. The average Bonchev–Trinajstić information content (AvgIpc) is 2.87. The number of carbonyl (C=O) groups excluding carboxylic acids is 1. The van der Waals surface area contributed by atoms with E-state index in [0.29, 0.717) is 6.42 Å². The third-order valence-electron chi connectivity index (χ3n) is 3.69. The maximum Gasteiger partial charge on any atom is 0.163 e. The Balaban J connectivity index is 2.24. The zero-order valence-corrected chi connectivity index (χ0v) is 12.7. The van der Waals surface area contributed by atoms with Crippen LogP contribution in [0.25, 0.3) is 0 Å².